The molecule has 104 valence electrons. The van der Waals surface area contributed by atoms with Gasteiger partial charge in [-0.15, -0.1) is 11.6 Å². The molecule has 3 heterocycles. The maximum Gasteiger partial charge on any atom is 0.160 e. The zero-order valence-corrected chi connectivity index (χ0v) is 12.2. The van der Waals surface area contributed by atoms with Gasteiger partial charge in [0.2, 0.25) is 0 Å². The van der Waals surface area contributed by atoms with E-state index >= 15 is 0 Å². The fourth-order valence-electron chi connectivity index (χ4n) is 2.43. The van der Waals surface area contributed by atoms with E-state index < -0.39 is 0 Å². The summed E-state index contributed by atoms with van der Waals surface area (Å²) in [6.07, 6.45) is 3.73. The van der Waals surface area contributed by atoms with Crippen molar-refractivity contribution in [2.75, 3.05) is 0 Å². The monoisotopic (exact) mass is 289 g/mol. The van der Waals surface area contributed by atoms with Crippen LogP contribution in [0.4, 0.5) is 0 Å². The van der Waals surface area contributed by atoms with Crippen LogP contribution < -0.4 is 0 Å². The van der Waals surface area contributed by atoms with Crippen LogP contribution in [0.15, 0.2) is 30.6 Å². The zero-order chi connectivity index (χ0) is 14.1. The van der Waals surface area contributed by atoms with Gasteiger partial charge in [-0.3, -0.25) is 4.68 Å². The summed E-state index contributed by atoms with van der Waals surface area (Å²) >= 11 is 6.04. The number of pyridine rings is 1. The van der Waals surface area contributed by atoms with E-state index in [9.17, 15) is 0 Å². The van der Waals surface area contributed by atoms with Crippen LogP contribution in [-0.4, -0.2) is 24.3 Å². The van der Waals surface area contributed by atoms with E-state index in [1.165, 1.54) is 0 Å². The molecule has 0 aliphatic rings. The molecule has 0 N–H and O–H groups in total. The fourth-order valence-corrected chi connectivity index (χ4v) is 2.62. The molecule has 3 rings (SSSR count). The third-order valence-corrected chi connectivity index (χ3v) is 3.56. The molecule has 0 saturated heterocycles. The molecule has 0 bridgehead atoms. The number of aromatic nitrogens is 5. The summed E-state index contributed by atoms with van der Waals surface area (Å²) in [5, 5.41) is 4.25. The number of halogens is 1. The van der Waals surface area contributed by atoms with Gasteiger partial charge in [-0.05, 0) is 32.0 Å². The normalized spacial score (nSPS) is 12.9. The van der Waals surface area contributed by atoms with Crippen LogP contribution in [0.1, 0.15) is 24.5 Å². The standard InChI is InChI=1S/C14H16ClN5/c1-10-4-5-12-14(17-10)20(13(8-15)18-12)11(2)9-19-7-3-6-16-19/h3-7,11H,8-9H2,1-2H3. The Morgan fingerprint density at radius 2 is 2.15 bits per heavy atom. The van der Waals surface area contributed by atoms with Gasteiger partial charge in [0.25, 0.3) is 0 Å². The molecule has 0 radical (unpaired) electrons. The van der Waals surface area contributed by atoms with Crippen molar-refractivity contribution in [3.05, 3.63) is 42.1 Å². The topological polar surface area (TPSA) is 48.5 Å². The van der Waals surface area contributed by atoms with Crippen molar-refractivity contribution in [1.82, 2.24) is 24.3 Å². The van der Waals surface area contributed by atoms with E-state index in [1.54, 1.807) is 6.20 Å². The Hall–Kier alpha value is -1.88. The van der Waals surface area contributed by atoms with Crippen LogP contribution in [0.5, 0.6) is 0 Å². The molecular weight excluding hydrogens is 274 g/mol. The first kappa shape index (κ1) is 13.1. The molecule has 0 saturated carbocycles. The van der Waals surface area contributed by atoms with Gasteiger partial charge in [0, 0.05) is 18.1 Å². The van der Waals surface area contributed by atoms with Gasteiger partial charge >= 0.3 is 0 Å². The molecule has 20 heavy (non-hydrogen) atoms. The lowest BCUT2D eigenvalue weighted by atomic mass is 10.3. The average Bonchev–Trinajstić information content (AvgIpc) is 3.04. The molecule has 1 unspecified atom stereocenters. The lowest BCUT2D eigenvalue weighted by molar-refractivity contribution is 0.436. The van der Waals surface area contributed by atoms with Gasteiger partial charge in [-0.2, -0.15) is 5.10 Å². The van der Waals surface area contributed by atoms with Crippen molar-refractivity contribution >= 4 is 22.8 Å². The van der Waals surface area contributed by atoms with E-state index in [0.717, 1.165) is 29.2 Å². The highest BCUT2D eigenvalue weighted by Gasteiger charge is 2.17. The van der Waals surface area contributed by atoms with Gasteiger partial charge in [0.1, 0.15) is 11.3 Å². The second-order valence-corrected chi connectivity index (χ2v) is 5.17. The van der Waals surface area contributed by atoms with Gasteiger partial charge in [0.05, 0.1) is 18.5 Å². The third kappa shape index (κ3) is 2.29. The van der Waals surface area contributed by atoms with Gasteiger partial charge in [-0.1, -0.05) is 0 Å². The molecule has 0 amide bonds. The highest BCUT2D eigenvalue weighted by atomic mass is 35.5. The Morgan fingerprint density at radius 1 is 1.30 bits per heavy atom. The molecule has 3 aromatic heterocycles. The Labute approximate surface area is 122 Å². The van der Waals surface area contributed by atoms with Crippen molar-refractivity contribution in [2.45, 2.75) is 32.3 Å². The second-order valence-electron chi connectivity index (χ2n) is 4.90. The number of imidazole rings is 1. The van der Waals surface area contributed by atoms with E-state index in [0.29, 0.717) is 5.88 Å². The van der Waals surface area contributed by atoms with Crippen molar-refractivity contribution in [2.24, 2.45) is 0 Å². The van der Waals surface area contributed by atoms with E-state index in [4.69, 9.17) is 11.6 Å². The van der Waals surface area contributed by atoms with E-state index in [2.05, 4.69) is 26.6 Å². The average molecular weight is 290 g/mol. The highest BCUT2D eigenvalue weighted by Crippen LogP contribution is 2.22. The summed E-state index contributed by atoms with van der Waals surface area (Å²) in [7, 11) is 0. The summed E-state index contributed by atoms with van der Waals surface area (Å²) < 4.78 is 4.02. The molecule has 1 atom stereocenters. The first-order chi connectivity index (χ1) is 9.69. The van der Waals surface area contributed by atoms with E-state index in [1.807, 2.05) is 36.0 Å². The minimum atomic E-state index is 0.183. The molecule has 0 aliphatic carbocycles. The van der Waals surface area contributed by atoms with Crippen LogP contribution in [-0.2, 0) is 12.4 Å². The van der Waals surface area contributed by atoms with Crippen molar-refractivity contribution in [3.8, 4) is 0 Å². The van der Waals surface area contributed by atoms with Crippen LogP contribution in [0, 0.1) is 6.92 Å². The smallest absolute Gasteiger partial charge is 0.160 e. The van der Waals surface area contributed by atoms with Gasteiger partial charge in [-0.25, -0.2) is 9.97 Å². The van der Waals surface area contributed by atoms with Gasteiger partial charge < -0.3 is 4.57 Å². The number of nitrogens with zero attached hydrogens (tertiary/aromatic N) is 5. The molecule has 0 aliphatic heterocycles. The summed E-state index contributed by atoms with van der Waals surface area (Å²) in [4.78, 5) is 9.17. The van der Waals surface area contributed by atoms with E-state index in [-0.39, 0.29) is 6.04 Å². The van der Waals surface area contributed by atoms with Gasteiger partial charge in [0.15, 0.2) is 5.65 Å². The number of aryl methyl sites for hydroxylation is 1. The molecule has 0 spiro atoms. The largest absolute Gasteiger partial charge is 0.307 e. The Balaban J connectivity index is 2.06. The second kappa shape index (κ2) is 5.25. The van der Waals surface area contributed by atoms with Crippen LogP contribution in [0.25, 0.3) is 11.2 Å². The Kier molecular flexibility index (Phi) is 3.44. The number of hydrogen-bond acceptors (Lipinski definition) is 3. The predicted octanol–water partition coefficient (Wildman–Crippen LogP) is 2.94. The minimum Gasteiger partial charge on any atom is -0.307 e. The Morgan fingerprint density at radius 3 is 2.85 bits per heavy atom. The highest BCUT2D eigenvalue weighted by molar-refractivity contribution is 6.16. The predicted molar refractivity (Wildman–Crippen MR) is 78.8 cm³/mol. The van der Waals surface area contributed by atoms with Crippen LogP contribution in [0.3, 0.4) is 0 Å². The number of alkyl halides is 1. The van der Waals surface area contributed by atoms with Crippen LogP contribution >= 0.6 is 11.6 Å². The molecule has 6 heteroatoms. The lowest BCUT2D eigenvalue weighted by Crippen LogP contribution is -2.16. The minimum absolute atomic E-state index is 0.183. The quantitative estimate of drug-likeness (QED) is 0.694. The molecule has 0 fully saturated rings. The number of hydrogen-bond donors (Lipinski definition) is 0. The first-order valence-corrected chi connectivity index (χ1v) is 7.10. The SMILES string of the molecule is Cc1ccc2nc(CCl)n(C(C)Cn3cccn3)c2n1. The summed E-state index contributed by atoms with van der Waals surface area (Å²) in [5.74, 6) is 1.22. The van der Waals surface area contributed by atoms with Crippen molar-refractivity contribution in [3.63, 3.8) is 0 Å². The van der Waals surface area contributed by atoms with Crippen molar-refractivity contribution < 1.29 is 0 Å². The molecule has 0 aromatic carbocycles. The summed E-state index contributed by atoms with van der Waals surface area (Å²) in [5.41, 5.74) is 2.75. The summed E-state index contributed by atoms with van der Waals surface area (Å²) in [6.45, 7) is 4.87. The molecular formula is C14H16ClN5. The Bertz CT molecular complexity index is 717. The zero-order valence-electron chi connectivity index (χ0n) is 11.5. The van der Waals surface area contributed by atoms with Crippen molar-refractivity contribution in [1.29, 1.82) is 0 Å². The summed E-state index contributed by atoms with van der Waals surface area (Å²) in [6, 6.07) is 6.06. The molecule has 3 aromatic rings. The van der Waals surface area contributed by atoms with Crippen LogP contribution in [0.2, 0.25) is 0 Å². The number of rotatable bonds is 4. The maximum atomic E-state index is 6.04. The fraction of sp³-hybridized carbons (Fsp3) is 0.357. The lowest BCUT2D eigenvalue weighted by Gasteiger charge is -2.16. The molecule has 5 nitrogen and oxygen atoms in total. The first-order valence-electron chi connectivity index (χ1n) is 6.57. The maximum absolute atomic E-state index is 6.04. The number of fused-ring (bicyclic) bond motifs is 1. The third-order valence-electron chi connectivity index (χ3n) is 3.32.